The maximum absolute atomic E-state index is 14.7. The van der Waals surface area contributed by atoms with E-state index < -0.39 is 21.7 Å². The molecule has 4 rings (SSSR count). The summed E-state index contributed by atoms with van der Waals surface area (Å²) in [5, 5.41) is 0.697. The van der Waals surface area contributed by atoms with Crippen LogP contribution in [-0.4, -0.2) is 67.3 Å². The Labute approximate surface area is 196 Å². The molecule has 3 heterocycles. The average molecular weight is 489 g/mol. The summed E-state index contributed by atoms with van der Waals surface area (Å²) in [5.41, 5.74) is 7.04. The van der Waals surface area contributed by atoms with Crippen LogP contribution in [0.15, 0.2) is 42.7 Å². The first-order valence-corrected chi connectivity index (χ1v) is 12.6. The number of carbonyl (C=O) groups is 1. The zero-order valence-electron chi connectivity index (χ0n) is 18.6. The molecule has 2 aromatic heterocycles. The number of aromatic nitrogens is 2. The van der Waals surface area contributed by atoms with E-state index in [4.69, 9.17) is 15.2 Å². The van der Waals surface area contributed by atoms with E-state index >= 15 is 0 Å². The van der Waals surface area contributed by atoms with Crippen molar-refractivity contribution in [3.05, 3.63) is 54.2 Å². The zero-order valence-corrected chi connectivity index (χ0v) is 19.4. The molecular formula is C23H25FN4O5S. The molecular weight excluding hydrogens is 463 g/mol. The molecule has 1 aromatic carbocycles. The molecule has 9 nitrogen and oxygen atoms in total. The van der Waals surface area contributed by atoms with Crippen LogP contribution in [0.4, 0.5) is 4.39 Å². The number of carbonyl (C=O) groups excluding carboxylic acids is 1. The molecule has 11 heteroatoms. The fourth-order valence-corrected chi connectivity index (χ4v) is 4.75. The van der Waals surface area contributed by atoms with Gasteiger partial charge in [-0.2, -0.15) is 0 Å². The highest BCUT2D eigenvalue weighted by molar-refractivity contribution is 7.88. The summed E-state index contributed by atoms with van der Waals surface area (Å²) >= 11 is 0. The van der Waals surface area contributed by atoms with Crippen molar-refractivity contribution in [1.29, 1.82) is 0 Å². The fraction of sp³-hybridized carbons (Fsp3) is 0.348. The number of piperidine rings is 1. The van der Waals surface area contributed by atoms with Crippen molar-refractivity contribution < 1.29 is 27.1 Å². The first kappa shape index (κ1) is 24.0. The van der Waals surface area contributed by atoms with Crippen LogP contribution in [-0.2, 0) is 14.8 Å². The Bertz CT molecular complexity index is 1310. The molecule has 2 N–H and O–H groups in total. The largest absolute Gasteiger partial charge is 0.488 e. The molecule has 1 aliphatic rings. The minimum Gasteiger partial charge on any atom is -0.488 e. The number of amides is 1. The summed E-state index contributed by atoms with van der Waals surface area (Å²) in [6, 6.07) is 7.75. The quantitative estimate of drug-likeness (QED) is 0.483. The van der Waals surface area contributed by atoms with E-state index in [-0.39, 0.29) is 30.8 Å². The van der Waals surface area contributed by atoms with E-state index in [1.165, 1.54) is 28.8 Å². The topological polar surface area (TPSA) is 125 Å². The molecule has 1 aliphatic heterocycles. The minimum absolute atomic E-state index is 0.0505. The average Bonchev–Trinajstić information content (AvgIpc) is 2.81. The van der Waals surface area contributed by atoms with Crippen molar-refractivity contribution in [1.82, 2.24) is 14.3 Å². The molecule has 180 valence electrons. The Morgan fingerprint density at radius 3 is 2.62 bits per heavy atom. The monoisotopic (exact) mass is 488 g/mol. The van der Waals surface area contributed by atoms with Crippen LogP contribution in [0, 0.1) is 5.82 Å². The van der Waals surface area contributed by atoms with Crippen LogP contribution >= 0.6 is 0 Å². The summed E-state index contributed by atoms with van der Waals surface area (Å²) in [4.78, 5) is 20.0. The van der Waals surface area contributed by atoms with Crippen molar-refractivity contribution in [3.8, 4) is 16.9 Å². The van der Waals surface area contributed by atoms with E-state index in [1.807, 2.05) is 0 Å². The van der Waals surface area contributed by atoms with Gasteiger partial charge in [0.25, 0.3) is 5.91 Å². The van der Waals surface area contributed by atoms with Crippen molar-refractivity contribution in [2.45, 2.75) is 18.9 Å². The predicted octanol–water partition coefficient (Wildman–Crippen LogP) is 2.35. The van der Waals surface area contributed by atoms with Crippen LogP contribution in [0.25, 0.3) is 22.0 Å². The van der Waals surface area contributed by atoms with Crippen molar-refractivity contribution in [2.24, 2.45) is 5.73 Å². The molecule has 34 heavy (non-hydrogen) atoms. The molecule has 0 atom stereocenters. The lowest BCUT2D eigenvalue weighted by Crippen LogP contribution is -2.40. The van der Waals surface area contributed by atoms with Crippen molar-refractivity contribution in [3.63, 3.8) is 0 Å². The molecule has 0 unspecified atom stereocenters. The zero-order chi connectivity index (χ0) is 24.3. The third-order valence-electron chi connectivity index (χ3n) is 5.66. The van der Waals surface area contributed by atoms with Gasteiger partial charge in [0.2, 0.25) is 10.0 Å². The lowest BCUT2D eigenvalue weighted by molar-refractivity contribution is 0.00665. The second-order valence-electron chi connectivity index (χ2n) is 8.05. The second kappa shape index (κ2) is 10.00. The number of nitrogens with two attached hydrogens (primary N) is 1. The third kappa shape index (κ3) is 5.49. The molecule has 0 radical (unpaired) electrons. The number of benzene rings is 1. The summed E-state index contributed by atoms with van der Waals surface area (Å²) in [7, 11) is -3.17. The number of primary amides is 1. The smallest absolute Gasteiger partial charge is 0.267 e. The number of hydrogen-bond acceptors (Lipinski definition) is 7. The second-order valence-corrected chi connectivity index (χ2v) is 10.0. The van der Waals surface area contributed by atoms with E-state index in [2.05, 4.69) is 9.97 Å². The fourth-order valence-electron chi connectivity index (χ4n) is 3.87. The van der Waals surface area contributed by atoms with Gasteiger partial charge >= 0.3 is 0 Å². The molecule has 0 spiro atoms. The minimum atomic E-state index is -3.17. The molecule has 0 aliphatic carbocycles. The van der Waals surface area contributed by atoms with Crippen molar-refractivity contribution >= 4 is 26.8 Å². The lowest BCUT2D eigenvalue weighted by atomic mass is 10.0. The highest BCUT2D eigenvalue weighted by Crippen LogP contribution is 2.30. The number of hydrogen-bond donors (Lipinski definition) is 1. The van der Waals surface area contributed by atoms with E-state index in [9.17, 15) is 17.6 Å². The van der Waals surface area contributed by atoms with E-state index in [0.29, 0.717) is 48.0 Å². The molecule has 1 fully saturated rings. The Hall–Kier alpha value is -3.15. The molecule has 0 saturated carbocycles. The summed E-state index contributed by atoms with van der Waals surface area (Å²) in [5.74, 6) is -1.12. The van der Waals surface area contributed by atoms with Gasteiger partial charge in [-0.15, -0.1) is 0 Å². The summed E-state index contributed by atoms with van der Waals surface area (Å²) in [6.07, 6.45) is 5.54. The summed E-state index contributed by atoms with van der Waals surface area (Å²) in [6.45, 7) is 1.28. The SMILES string of the molecule is CS(=O)(=O)N1CCC(OCCOc2ccc(-c3cncc4ccc(C(N)=O)nc34)cc2F)CC1. The highest BCUT2D eigenvalue weighted by Gasteiger charge is 2.25. The standard InChI is InChI=1S/C23H25FN4O5S/c1-34(30,31)28-8-6-17(7-9-28)32-10-11-33-21-5-3-15(12-19(21)24)18-14-26-13-16-2-4-20(23(25)29)27-22(16)18/h2-5,12-14,17H,6-11H2,1H3,(H2,25,29). The van der Waals surface area contributed by atoms with Gasteiger partial charge in [0.05, 0.1) is 24.5 Å². The number of fused-ring (bicyclic) bond motifs is 1. The normalized spacial score (nSPS) is 15.5. The maximum Gasteiger partial charge on any atom is 0.267 e. The van der Waals surface area contributed by atoms with Gasteiger partial charge in [-0.3, -0.25) is 9.78 Å². The van der Waals surface area contributed by atoms with Gasteiger partial charge < -0.3 is 15.2 Å². The first-order valence-electron chi connectivity index (χ1n) is 10.8. The maximum atomic E-state index is 14.7. The van der Waals surface area contributed by atoms with E-state index in [0.717, 1.165) is 0 Å². The molecule has 0 bridgehead atoms. The number of halogens is 1. The molecule has 1 saturated heterocycles. The summed E-state index contributed by atoms with van der Waals surface area (Å²) < 4.78 is 50.6. The molecule has 1 amide bonds. The Kier molecular flexibility index (Phi) is 7.05. The Morgan fingerprint density at radius 1 is 1.18 bits per heavy atom. The van der Waals surface area contributed by atoms with Gasteiger partial charge in [0.15, 0.2) is 11.6 Å². The Balaban J connectivity index is 1.37. The third-order valence-corrected chi connectivity index (χ3v) is 6.96. The van der Waals surface area contributed by atoms with Crippen LogP contribution < -0.4 is 10.5 Å². The van der Waals surface area contributed by atoms with E-state index in [1.54, 1.807) is 24.5 Å². The Morgan fingerprint density at radius 2 is 1.94 bits per heavy atom. The lowest BCUT2D eigenvalue weighted by Gasteiger charge is -2.30. The number of nitrogens with zero attached hydrogens (tertiary/aromatic N) is 3. The van der Waals surface area contributed by atoms with Gasteiger partial charge in [-0.05, 0) is 42.7 Å². The van der Waals surface area contributed by atoms with Gasteiger partial charge in [0.1, 0.15) is 12.3 Å². The number of rotatable bonds is 8. The number of pyridine rings is 2. The van der Waals surface area contributed by atoms with Gasteiger partial charge in [-0.25, -0.2) is 22.1 Å². The van der Waals surface area contributed by atoms with Gasteiger partial charge in [-0.1, -0.05) is 6.07 Å². The van der Waals surface area contributed by atoms with Crippen molar-refractivity contribution in [2.75, 3.05) is 32.6 Å². The van der Waals surface area contributed by atoms with Crippen LogP contribution in [0.5, 0.6) is 5.75 Å². The first-order chi connectivity index (χ1) is 16.2. The highest BCUT2D eigenvalue weighted by atomic mass is 32.2. The number of ether oxygens (including phenoxy) is 2. The number of sulfonamides is 1. The van der Waals surface area contributed by atoms with Crippen LogP contribution in [0.2, 0.25) is 0 Å². The van der Waals surface area contributed by atoms with Gasteiger partial charge in [0, 0.05) is 36.4 Å². The predicted molar refractivity (Wildman–Crippen MR) is 124 cm³/mol. The molecule has 3 aromatic rings. The van der Waals surface area contributed by atoms with Crippen LogP contribution in [0.3, 0.4) is 0 Å². The van der Waals surface area contributed by atoms with Crippen LogP contribution in [0.1, 0.15) is 23.3 Å².